The van der Waals surface area contributed by atoms with Crippen LogP contribution >= 0.6 is 0 Å². The molecule has 0 radical (unpaired) electrons. The van der Waals surface area contributed by atoms with Gasteiger partial charge in [0.05, 0.1) is 18.1 Å². The summed E-state index contributed by atoms with van der Waals surface area (Å²) >= 11 is 0. The smallest absolute Gasteiger partial charge is 0.182 e. The number of H-pyrrole nitrogens is 1. The molecule has 4 aromatic rings. The fourth-order valence-electron chi connectivity index (χ4n) is 3.84. The summed E-state index contributed by atoms with van der Waals surface area (Å²) < 4.78 is 0. The van der Waals surface area contributed by atoms with Crippen LogP contribution in [-0.2, 0) is 0 Å². The third kappa shape index (κ3) is 3.60. The molecular weight excluding hydrogens is 400 g/mol. The quantitative estimate of drug-likeness (QED) is 0.391. The molecule has 1 atom stereocenters. The number of imidazole rings is 1. The molecule has 2 aromatic heterocycles. The number of rotatable bonds is 4. The van der Waals surface area contributed by atoms with Crippen molar-refractivity contribution in [3.8, 4) is 5.75 Å². The Morgan fingerprint density at radius 1 is 1.03 bits per heavy atom. The van der Waals surface area contributed by atoms with Gasteiger partial charge in [-0.1, -0.05) is 36.9 Å². The lowest BCUT2D eigenvalue weighted by Gasteiger charge is -2.37. The van der Waals surface area contributed by atoms with Crippen LogP contribution in [0.15, 0.2) is 86.6 Å². The number of benzene rings is 2. The lowest BCUT2D eigenvalue weighted by atomic mass is 9.94. The molecule has 0 saturated carbocycles. The number of hydrogen-bond donors (Lipinski definition) is 3. The highest BCUT2D eigenvalue weighted by Gasteiger charge is 2.29. The van der Waals surface area contributed by atoms with Gasteiger partial charge in [-0.2, -0.15) is 0 Å². The molecule has 0 bridgehead atoms. The first kappa shape index (κ1) is 20.9. The van der Waals surface area contributed by atoms with Crippen molar-refractivity contribution in [1.29, 1.82) is 0 Å². The summed E-state index contributed by atoms with van der Waals surface area (Å²) in [6, 6.07) is 15.4. The van der Waals surface area contributed by atoms with Crippen molar-refractivity contribution in [2.75, 3.05) is 10.2 Å². The zero-order valence-electron chi connectivity index (χ0n) is 17.8. The summed E-state index contributed by atoms with van der Waals surface area (Å²) in [5.41, 5.74) is 5.68. The molecule has 0 aliphatic carbocycles. The maximum atomic E-state index is 10.5. The van der Waals surface area contributed by atoms with Gasteiger partial charge in [0.2, 0.25) is 0 Å². The van der Waals surface area contributed by atoms with Gasteiger partial charge in [-0.3, -0.25) is 0 Å². The van der Waals surface area contributed by atoms with Crippen molar-refractivity contribution in [1.82, 2.24) is 19.9 Å². The number of nitrogens with zero attached hydrogens (tertiary/aromatic N) is 4. The number of hydrogen-bond acceptors (Lipinski definition) is 6. The molecule has 0 unspecified atom stereocenters. The van der Waals surface area contributed by atoms with Crippen molar-refractivity contribution < 1.29 is 5.11 Å². The topological polar surface area (TPSA) is 90.0 Å². The van der Waals surface area contributed by atoms with E-state index < -0.39 is 0 Å². The average molecular weight is 425 g/mol. The molecule has 2 aromatic carbocycles. The summed E-state index contributed by atoms with van der Waals surface area (Å²) in [4.78, 5) is 17.9. The third-order valence-corrected chi connectivity index (χ3v) is 5.23. The zero-order chi connectivity index (χ0) is 22.7. The Balaban J connectivity index is 0.00000119. The standard InChI is InChI=1S/C23H20N6O.C2H4/c1-14(28-23-21-22(25-12-24-21)26-13-27-23)18-11-16-7-6-10-19(30)20(16)15(2)29(18)17-8-4-3-5-9-17;1-2/h3-14,30H,2H2,1H3,(H2,24,25,26,27,28);1-2H2/t14-;/m0./s1. The number of aromatic hydroxyl groups is 1. The SMILES string of the molecule is C=C.C=C1c2c(O)cccc2C=C([C@H](C)Nc2ncnc3nc[nH]c23)N1c1ccccc1. The highest BCUT2D eigenvalue weighted by molar-refractivity contribution is 5.94. The van der Waals surface area contributed by atoms with Crippen molar-refractivity contribution >= 4 is 34.4 Å². The predicted octanol–water partition coefficient (Wildman–Crippen LogP) is 5.19. The Labute approximate surface area is 186 Å². The number of phenols is 1. The van der Waals surface area contributed by atoms with Crippen molar-refractivity contribution in [3.63, 3.8) is 0 Å². The summed E-state index contributed by atoms with van der Waals surface area (Å²) in [6.45, 7) is 12.4. The van der Waals surface area contributed by atoms with Crippen LogP contribution < -0.4 is 10.2 Å². The van der Waals surface area contributed by atoms with E-state index in [-0.39, 0.29) is 11.8 Å². The normalized spacial score (nSPS) is 13.6. The van der Waals surface area contributed by atoms with Gasteiger partial charge in [0.25, 0.3) is 0 Å². The first-order valence-electron chi connectivity index (χ1n) is 10.1. The molecule has 1 aliphatic rings. The highest BCUT2D eigenvalue weighted by atomic mass is 16.3. The zero-order valence-corrected chi connectivity index (χ0v) is 17.8. The van der Waals surface area contributed by atoms with E-state index >= 15 is 0 Å². The second-order valence-electron chi connectivity index (χ2n) is 7.12. The molecule has 0 saturated heterocycles. The van der Waals surface area contributed by atoms with Crippen LogP contribution in [0.4, 0.5) is 11.5 Å². The Bertz CT molecular complexity index is 1290. The molecule has 1 aliphatic heterocycles. The van der Waals surface area contributed by atoms with Crippen LogP contribution in [-0.4, -0.2) is 31.1 Å². The van der Waals surface area contributed by atoms with E-state index in [9.17, 15) is 5.11 Å². The van der Waals surface area contributed by atoms with Gasteiger partial charge >= 0.3 is 0 Å². The van der Waals surface area contributed by atoms with Crippen LogP contribution in [0.3, 0.4) is 0 Å². The summed E-state index contributed by atoms with van der Waals surface area (Å²) in [7, 11) is 0. The first-order chi connectivity index (χ1) is 15.6. The molecule has 0 spiro atoms. The first-order valence-corrected chi connectivity index (χ1v) is 10.1. The minimum Gasteiger partial charge on any atom is -0.507 e. The lowest BCUT2D eigenvalue weighted by Crippen LogP contribution is -2.33. The third-order valence-electron chi connectivity index (χ3n) is 5.23. The second kappa shape index (κ2) is 8.77. The molecule has 0 fully saturated rings. The second-order valence-corrected chi connectivity index (χ2v) is 7.12. The molecule has 3 heterocycles. The van der Waals surface area contributed by atoms with E-state index in [0.717, 1.165) is 33.7 Å². The largest absolute Gasteiger partial charge is 0.507 e. The van der Waals surface area contributed by atoms with Crippen LogP contribution in [0.25, 0.3) is 22.9 Å². The van der Waals surface area contributed by atoms with Crippen LogP contribution in [0.2, 0.25) is 0 Å². The van der Waals surface area contributed by atoms with Crippen molar-refractivity contribution in [2.45, 2.75) is 13.0 Å². The van der Waals surface area contributed by atoms with Gasteiger partial charge in [-0.05, 0) is 36.8 Å². The molecule has 7 nitrogen and oxygen atoms in total. The fourth-order valence-corrected chi connectivity index (χ4v) is 3.84. The van der Waals surface area contributed by atoms with E-state index in [1.165, 1.54) is 6.33 Å². The van der Waals surface area contributed by atoms with Gasteiger partial charge in [0.1, 0.15) is 17.6 Å². The van der Waals surface area contributed by atoms with Gasteiger partial charge in [-0.15, -0.1) is 13.2 Å². The van der Waals surface area contributed by atoms with E-state index in [1.54, 1.807) is 12.4 Å². The maximum Gasteiger partial charge on any atom is 0.182 e. The molecule has 160 valence electrons. The monoisotopic (exact) mass is 424 g/mol. The van der Waals surface area contributed by atoms with Crippen molar-refractivity contribution in [2.24, 2.45) is 0 Å². The summed E-state index contributed by atoms with van der Waals surface area (Å²) in [6.07, 6.45) is 5.17. The number of phenolic OH excluding ortho intramolecular Hbond substituents is 1. The molecule has 7 heteroatoms. The van der Waals surface area contributed by atoms with Gasteiger partial charge in [0.15, 0.2) is 11.5 Å². The number of aromatic nitrogens is 4. The Hall–Kier alpha value is -4.39. The Morgan fingerprint density at radius 3 is 2.59 bits per heavy atom. The molecule has 5 rings (SSSR count). The number of anilines is 2. The number of fused-ring (bicyclic) bond motifs is 2. The van der Waals surface area contributed by atoms with E-state index in [0.29, 0.717) is 11.5 Å². The fraction of sp³-hybridized carbons (Fsp3) is 0.0800. The lowest BCUT2D eigenvalue weighted by molar-refractivity contribution is 0.473. The average Bonchev–Trinajstić information content (AvgIpc) is 3.31. The molecule has 32 heavy (non-hydrogen) atoms. The molecular formula is C25H24N6O. The van der Waals surface area contributed by atoms with E-state index in [4.69, 9.17) is 0 Å². The molecule has 0 amide bonds. The van der Waals surface area contributed by atoms with E-state index in [1.807, 2.05) is 42.5 Å². The predicted molar refractivity (Wildman–Crippen MR) is 130 cm³/mol. The summed E-state index contributed by atoms with van der Waals surface area (Å²) in [5, 5.41) is 14.0. The Kier molecular flexibility index (Phi) is 5.72. The van der Waals surface area contributed by atoms with Gasteiger partial charge in [0, 0.05) is 16.9 Å². The van der Waals surface area contributed by atoms with E-state index in [2.05, 4.69) is 62.9 Å². The minimum absolute atomic E-state index is 0.126. The highest BCUT2D eigenvalue weighted by Crippen LogP contribution is 2.41. The van der Waals surface area contributed by atoms with Crippen LogP contribution in [0.5, 0.6) is 5.75 Å². The summed E-state index contributed by atoms with van der Waals surface area (Å²) in [5.74, 6) is 0.885. The molecule has 3 N–H and O–H groups in total. The number of nitrogens with one attached hydrogen (secondary N) is 2. The van der Waals surface area contributed by atoms with Gasteiger partial charge < -0.3 is 20.3 Å². The number of para-hydroxylation sites is 1. The number of aromatic amines is 1. The van der Waals surface area contributed by atoms with Crippen molar-refractivity contribution in [3.05, 3.63) is 97.7 Å². The maximum absolute atomic E-state index is 10.5. The van der Waals surface area contributed by atoms with Gasteiger partial charge in [-0.25, -0.2) is 15.0 Å². The Morgan fingerprint density at radius 2 is 1.81 bits per heavy atom. The minimum atomic E-state index is -0.126. The van der Waals surface area contributed by atoms with Crippen LogP contribution in [0, 0.1) is 0 Å². The van der Waals surface area contributed by atoms with Crippen LogP contribution in [0.1, 0.15) is 18.1 Å².